The first-order valence-corrected chi connectivity index (χ1v) is 10.1. The van der Waals surface area contributed by atoms with Gasteiger partial charge < -0.3 is 20.3 Å². The number of methoxy groups -OCH3 is 1. The smallest absolute Gasteiger partial charge is 0.221 e. The Morgan fingerprint density at radius 2 is 1.96 bits per heavy atom. The highest BCUT2D eigenvalue weighted by atomic mass is 16.5. The number of carbonyl (C=O) groups is 1. The van der Waals surface area contributed by atoms with Crippen LogP contribution >= 0.6 is 0 Å². The van der Waals surface area contributed by atoms with Crippen LogP contribution in [0, 0.1) is 0 Å². The molecule has 6 heteroatoms. The van der Waals surface area contributed by atoms with Gasteiger partial charge in [-0.1, -0.05) is 25.0 Å². The molecule has 148 valence electrons. The Kier molecular flexibility index (Phi) is 6.96. The lowest BCUT2D eigenvalue weighted by Crippen LogP contribution is -2.42. The minimum absolute atomic E-state index is 0.141. The van der Waals surface area contributed by atoms with E-state index in [0.29, 0.717) is 24.9 Å². The molecular weight excluding hydrogens is 340 g/mol. The summed E-state index contributed by atoms with van der Waals surface area (Å²) in [5.74, 6) is 2.42. The lowest BCUT2D eigenvalue weighted by Gasteiger charge is -2.22. The number of nitrogens with zero attached hydrogens (tertiary/aromatic N) is 2. The van der Waals surface area contributed by atoms with Gasteiger partial charge in [0.1, 0.15) is 5.75 Å². The maximum Gasteiger partial charge on any atom is 0.221 e. The molecule has 1 heterocycles. The Hall–Kier alpha value is -2.24. The van der Waals surface area contributed by atoms with E-state index in [2.05, 4.69) is 32.7 Å². The molecule has 1 unspecified atom stereocenters. The predicted molar refractivity (Wildman–Crippen MR) is 108 cm³/mol. The second kappa shape index (κ2) is 9.62. The maximum absolute atomic E-state index is 12.1. The molecule has 1 aliphatic heterocycles. The van der Waals surface area contributed by atoms with Crippen molar-refractivity contribution in [3.05, 3.63) is 29.8 Å². The lowest BCUT2D eigenvalue weighted by molar-refractivity contribution is -0.121. The van der Waals surface area contributed by atoms with Crippen molar-refractivity contribution in [3.8, 4) is 5.75 Å². The van der Waals surface area contributed by atoms with Crippen molar-refractivity contribution in [1.82, 2.24) is 15.5 Å². The van der Waals surface area contributed by atoms with Gasteiger partial charge >= 0.3 is 0 Å². The van der Waals surface area contributed by atoms with Gasteiger partial charge in [-0.05, 0) is 37.0 Å². The molecule has 1 aromatic carbocycles. The molecule has 27 heavy (non-hydrogen) atoms. The van der Waals surface area contributed by atoms with Crippen LogP contribution in [0.4, 0.5) is 0 Å². The van der Waals surface area contributed by atoms with Gasteiger partial charge in [0.05, 0.1) is 7.11 Å². The molecule has 0 bridgehead atoms. The quantitative estimate of drug-likeness (QED) is 0.595. The van der Waals surface area contributed by atoms with Crippen LogP contribution in [-0.4, -0.2) is 56.6 Å². The normalized spacial score (nSPS) is 20.7. The summed E-state index contributed by atoms with van der Waals surface area (Å²) in [7, 11) is 3.50. The number of carbonyl (C=O) groups excluding carboxylic acids is 1. The zero-order chi connectivity index (χ0) is 19.1. The number of guanidine groups is 1. The van der Waals surface area contributed by atoms with Crippen molar-refractivity contribution in [2.75, 3.05) is 33.8 Å². The first-order valence-electron chi connectivity index (χ1n) is 10.1. The summed E-state index contributed by atoms with van der Waals surface area (Å²) in [5.41, 5.74) is 1.34. The molecule has 0 spiro atoms. The number of nitrogens with one attached hydrogen (secondary N) is 2. The molecule has 3 rings (SSSR count). The largest absolute Gasteiger partial charge is 0.497 e. The van der Waals surface area contributed by atoms with Crippen LogP contribution < -0.4 is 15.4 Å². The van der Waals surface area contributed by atoms with E-state index in [-0.39, 0.29) is 5.91 Å². The molecule has 1 amide bonds. The summed E-state index contributed by atoms with van der Waals surface area (Å²) >= 11 is 0. The lowest BCUT2D eigenvalue weighted by atomic mass is 9.98. The van der Waals surface area contributed by atoms with Gasteiger partial charge in [-0.25, -0.2) is 0 Å². The van der Waals surface area contributed by atoms with Crippen molar-refractivity contribution >= 4 is 11.9 Å². The third-order valence-electron chi connectivity index (χ3n) is 5.64. The van der Waals surface area contributed by atoms with Crippen LogP contribution in [0.5, 0.6) is 5.75 Å². The molecule has 2 N–H and O–H groups in total. The SMILES string of the molecule is CN=C(NCCC(=O)NC1CCCC1)N1CCC(c2ccc(OC)cc2)C1. The van der Waals surface area contributed by atoms with Crippen molar-refractivity contribution in [2.45, 2.75) is 50.5 Å². The van der Waals surface area contributed by atoms with E-state index >= 15 is 0 Å². The van der Waals surface area contributed by atoms with Crippen LogP contribution in [0.2, 0.25) is 0 Å². The summed E-state index contributed by atoms with van der Waals surface area (Å²) in [6.45, 7) is 2.54. The Morgan fingerprint density at radius 3 is 2.63 bits per heavy atom. The molecule has 1 atom stereocenters. The Morgan fingerprint density at radius 1 is 1.22 bits per heavy atom. The van der Waals surface area contributed by atoms with Crippen molar-refractivity contribution in [1.29, 1.82) is 0 Å². The molecule has 0 radical (unpaired) electrons. The summed E-state index contributed by atoms with van der Waals surface area (Å²) in [4.78, 5) is 18.8. The van der Waals surface area contributed by atoms with Gasteiger partial charge in [0.2, 0.25) is 5.91 Å². The number of amides is 1. The van der Waals surface area contributed by atoms with Gasteiger partial charge in [-0.15, -0.1) is 0 Å². The maximum atomic E-state index is 12.1. The fourth-order valence-electron chi connectivity index (χ4n) is 4.09. The minimum atomic E-state index is 0.141. The van der Waals surface area contributed by atoms with Gasteiger partial charge in [0.25, 0.3) is 0 Å². The average molecular weight is 373 g/mol. The van der Waals surface area contributed by atoms with Crippen LogP contribution in [0.1, 0.15) is 50.0 Å². The number of ether oxygens (including phenoxy) is 1. The molecule has 2 fully saturated rings. The molecule has 6 nitrogen and oxygen atoms in total. The van der Waals surface area contributed by atoms with E-state index in [1.54, 1.807) is 7.11 Å². The van der Waals surface area contributed by atoms with Crippen LogP contribution in [0.15, 0.2) is 29.3 Å². The fourth-order valence-corrected chi connectivity index (χ4v) is 4.09. The summed E-state index contributed by atoms with van der Waals surface area (Å²) < 4.78 is 5.24. The van der Waals surface area contributed by atoms with Crippen LogP contribution in [-0.2, 0) is 4.79 Å². The van der Waals surface area contributed by atoms with Crippen molar-refractivity contribution in [2.24, 2.45) is 4.99 Å². The van der Waals surface area contributed by atoms with E-state index in [4.69, 9.17) is 4.74 Å². The summed E-state index contributed by atoms with van der Waals surface area (Å²) in [6.07, 6.45) is 6.32. The molecule has 1 saturated carbocycles. The number of likely N-dealkylation sites (tertiary alicyclic amines) is 1. The van der Waals surface area contributed by atoms with E-state index < -0.39 is 0 Å². The minimum Gasteiger partial charge on any atom is -0.497 e. The van der Waals surface area contributed by atoms with Crippen molar-refractivity contribution in [3.63, 3.8) is 0 Å². The molecular formula is C21H32N4O2. The van der Waals surface area contributed by atoms with E-state index in [0.717, 1.165) is 44.1 Å². The zero-order valence-electron chi connectivity index (χ0n) is 16.5. The van der Waals surface area contributed by atoms with Gasteiger partial charge in [-0.3, -0.25) is 9.79 Å². The summed E-state index contributed by atoms with van der Waals surface area (Å²) in [6, 6.07) is 8.73. The van der Waals surface area contributed by atoms with Crippen molar-refractivity contribution < 1.29 is 9.53 Å². The standard InChI is InChI=1S/C21H32N4O2/c1-22-21(23-13-11-20(26)24-18-5-3-4-6-18)25-14-12-17(15-25)16-7-9-19(27-2)10-8-16/h7-10,17-18H,3-6,11-15H2,1-2H3,(H,22,23)(H,24,26). The number of hydrogen-bond donors (Lipinski definition) is 2. The van der Waals surface area contributed by atoms with E-state index in [1.165, 1.54) is 18.4 Å². The average Bonchev–Trinajstić information content (AvgIpc) is 3.37. The third-order valence-corrected chi connectivity index (χ3v) is 5.64. The highest BCUT2D eigenvalue weighted by Gasteiger charge is 2.26. The number of aliphatic imine (C=N–C) groups is 1. The van der Waals surface area contributed by atoms with E-state index in [1.807, 2.05) is 19.2 Å². The summed E-state index contributed by atoms with van der Waals surface area (Å²) in [5, 5.41) is 6.49. The highest BCUT2D eigenvalue weighted by molar-refractivity contribution is 5.81. The van der Waals surface area contributed by atoms with Gasteiger partial charge in [0, 0.05) is 45.1 Å². The monoisotopic (exact) mass is 372 g/mol. The molecule has 0 aromatic heterocycles. The first kappa shape index (κ1) is 19.5. The predicted octanol–water partition coefficient (Wildman–Crippen LogP) is 2.51. The third kappa shape index (κ3) is 5.37. The molecule has 1 aromatic rings. The number of benzene rings is 1. The van der Waals surface area contributed by atoms with Gasteiger partial charge in [0.15, 0.2) is 5.96 Å². The Labute approximate surface area is 162 Å². The topological polar surface area (TPSA) is 66.0 Å². The Bertz CT molecular complexity index is 638. The van der Waals surface area contributed by atoms with Gasteiger partial charge in [-0.2, -0.15) is 0 Å². The number of rotatable bonds is 6. The molecule has 2 aliphatic rings. The highest BCUT2D eigenvalue weighted by Crippen LogP contribution is 2.28. The Balaban J connectivity index is 1.43. The molecule has 1 saturated heterocycles. The first-order chi connectivity index (χ1) is 13.2. The second-order valence-corrected chi connectivity index (χ2v) is 7.48. The number of hydrogen-bond acceptors (Lipinski definition) is 3. The zero-order valence-corrected chi connectivity index (χ0v) is 16.5. The van der Waals surface area contributed by atoms with E-state index in [9.17, 15) is 4.79 Å². The fraction of sp³-hybridized carbons (Fsp3) is 0.619. The van der Waals surface area contributed by atoms with Crippen LogP contribution in [0.25, 0.3) is 0 Å². The van der Waals surface area contributed by atoms with Crippen LogP contribution in [0.3, 0.4) is 0 Å². The molecule has 1 aliphatic carbocycles. The second-order valence-electron chi connectivity index (χ2n) is 7.48.